The molecule has 10 nitrogen and oxygen atoms in total. The number of carbonyl (C=O) groups is 1. The summed E-state index contributed by atoms with van der Waals surface area (Å²) in [6.07, 6.45) is 1.51. The van der Waals surface area contributed by atoms with Crippen molar-refractivity contribution in [3.05, 3.63) is 52.1 Å². The number of benzene rings is 2. The normalized spacial score (nSPS) is 16.1. The lowest BCUT2D eigenvalue weighted by Crippen LogP contribution is -2.27. The molecule has 0 atom stereocenters. The van der Waals surface area contributed by atoms with Crippen LogP contribution in [-0.4, -0.2) is 56.3 Å². The molecule has 1 fully saturated rings. The molecule has 0 saturated carbocycles. The van der Waals surface area contributed by atoms with Crippen molar-refractivity contribution in [3.8, 4) is 17.2 Å². The molecule has 0 bridgehead atoms. The lowest BCUT2D eigenvalue weighted by atomic mass is 10.1. The van der Waals surface area contributed by atoms with Gasteiger partial charge in [0, 0.05) is 24.7 Å². The zero-order valence-corrected chi connectivity index (χ0v) is 17.3. The molecule has 0 N–H and O–H groups in total. The fraction of sp³-hybridized carbons (Fsp3) is 0.350. The van der Waals surface area contributed by atoms with E-state index in [1.54, 1.807) is 12.1 Å². The average molecular weight is 448 g/mol. The first-order valence-corrected chi connectivity index (χ1v) is 11.1. The molecule has 2 aliphatic heterocycles. The topological polar surface area (TPSA) is 125 Å². The number of rotatable bonds is 7. The first kappa shape index (κ1) is 21.1. The first-order chi connectivity index (χ1) is 14.9. The Morgan fingerprint density at radius 2 is 1.77 bits per heavy atom. The number of hydrogen-bond donors (Lipinski definition) is 0. The Kier molecular flexibility index (Phi) is 5.79. The fourth-order valence-electron chi connectivity index (χ4n) is 3.44. The summed E-state index contributed by atoms with van der Waals surface area (Å²) in [4.78, 5) is 23.1. The van der Waals surface area contributed by atoms with E-state index < -0.39 is 33.0 Å². The highest BCUT2D eigenvalue weighted by Gasteiger charge is 2.30. The van der Waals surface area contributed by atoms with Crippen LogP contribution < -0.4 is 14.2 Å². The van der Waals surface area contributed by atoms with Crippen molar-refractivity contribution in [1.82, 2.24) is 4.31 Å². The van der Waals surface area contributed by atoms with Crippen LogP contribution in [0.5, 0.6) is 17.2 Å². The fourth-order valence-corrected chi connectivity index (χ4v) is 4.98. The second kappa shape index (κ2) is 8.52. The third-order valence-electron chi connectivity index (χ3n) is 5.05. The van der Waals surface area contributed by atoms with Gasteiger partial charge in [-0.25, -0.2) is 8.42 Å². The quantitative estimate of drug-likeness (QED) is 0.359. The molecule has 0 aromatic heterocycles. The van der Waals surface area contributed by atoms with Crippen molar-refractivity contribution < 1.29 is 32.3 Å². The summed E-state index contributed by atoms with van der Waals surface area (Å²) in [6, 6.07) is 8.13. The Hall–Kier alpha value is -3.18. The highest BCUT2D eigenvalue weighted by Crippen LogP contribution is 2.33. The van der Waals surface area contributed by atoms with E-state index >= 15 is 0 Å². The molecule has 0 amide bonds. The maximum atomic E-state index is 12.7. The molecule has 0 unspecified atom stereocenters. The molecule has 164 valence electrons. The molecule has 0 aliphatic carbocycles. The van der Waals surface area contributed by atoms with Gasteiger partial charge in [0.05, 0.1) is 9.82 Å². The predicted molar refractivity (Wildman–Crippen MR) is 108 cm³/mol. The van der Waals surface area contributed by atoms with Crippen molar-refractivity contribution in [1.29, 1.82) is 0 Å². The summed E-state index contributed by atoms with van der Waals surface area (Å²) in [5.74, 6) is 0.380. The lowest BCUT2D eigenvalue weighted by Gasteiger charge is -2.18. The van der Waals surface area contributed by atoms with Gasteiger partial charge in [0.15, 0.2) is 29.6 Å². The highest BCUT2D eigenvalue weighted by molar-refractivity contribution is 7.89. The van der Waals surface area contributed by atoms with Crippen molar-refractivity contribution in [2.24, 2.45) is 0 Å². The van der Waals surface area contributed by atoms with Gasteiger partial charge >= 0.3 is 5.69 Å². The van der Waals surface area contributed by atoms with Crippen LogP contribution in [0.15, 0.2) is 41.3 Å². The number of sulfonamides is 1. The Bertz CT molecular complexity index is 1130. The molecule has 1 saturated heterocycles. The van der Waals surface area contributed by atoms with Crippen LogP contribution in [0.2, 0.25) is 0 Å². The van der Waals surface area contributed by atoms with E-state index in [-0.39, 0.29) is 10.6 Å². The lowest BCUT2D eigenvalue weighted by molar-refractivity contribution is -0.386. The minimum Gasteiger partial charge on any atom is -0.486 e. The number of nitro benzene ring substituents is 1. The van der Waals surface area contributed by atoms with E-state index in [2.05, 4.69) is 0 Å². The van der Waals surface area contributed by atoms with E-state index in [1.807, 2.05) is 0 Å². The number of carbonyl (C=O) groups excluding carboxylic acids is 1. The Balaban J connectivity index is 1.51. The van der Waals surface area contributed by atoms with Gasteiger partial charge in [0.1, 0.15) is 13.2 Å². The standard InChI is InChI=1S/C20H20N2O8S/c23-17(14-3-5-19-20(11-14)29-10-9-28-19)13-30-18-6-4-15(12-16(18)22(24)25)31(26,27)21-7-1-2-8-21/h3-6,11-12H,1-2,7-10,13H2. The van der Waals surface area contributed by atoms with Crippen LogP contribution in [0.1, 0.15) is 23.2 Å². The maximum absolute atomic E-state index is 12.7. The molecular weight excluding hydrogens is 428 g/mol. The van der Waals surface area contributed by atoms with E-state index in [0.717, 1.165) is 18.9 Å². The smallest absolute Gasteiger partial charge is 0.312 e. The Labute approximate surface area is 178 Å². The largest absolute Gasteiger partial charge is 0.486 e. The minimum absolute atomic E-state index is 0.174. The molecule has 2 aromatic rings. The summed E-state index contributed by atoms with van der Waals surface area (Å²) < 4.78 is 42.9. The summed E-state index contributed by atoms with van der Waals surface area (Å²) in [5, 5.41) is 11.5. The van der Waals surface area contributed by atoms with E-state index in [0.29, 0.717) is 43.4 Å². The van der Waals surface area contributed by atoms with Crippen molar-refractivity contribution in [2.75, 3.05) is 32.9 Å². The third kappa shape index (κ3) is 4.32. The monoisotopic (exact) mass is 448 g/mol. The number of nitrogens with zero attached hydrogens (tertiary/aromatic N) is 2. The van der Waals surface area contributed by atoms with Crippen molar-refractivity contribution in [2.45, 2.75) is 17.7 Å². The van der Waals surface area contributed by atoms with E-state index in [1.165, 1.54) is 22.5 Å². The Morgan fingerprint density at radius 3 is 2.48 bits per heavy atom. The number of ether oxygens (including phenoxy) is 3. The van der Waals surface area contributed by atoms with Crippen LogP contribution in [0.3, 0.4) is 0 Å². The van der Waals surface area contributed by atoms with Gasteiger partial charge in [-0.1, -0.05) is 0 Å². The second-order valence-corrected chi connectivity index (χ2v) is 9.01. The average Bonchev–Trinajstić information content (AvgIpc) is 3.33. The second-order valence-electron chi connectivity index (χ2n) is 7.07. The number of fused-ring (bicyclic) bond motifs is 1. The van der Waals surface area contributed by atoms with Gasteiger partial charge in [-0.3, -0.25) is 14.9 Å². The highest BCUT2D eigenvalue weighted by atomic mass is 32.2. The predicted octanol–water partition coefficient (Wildman–Crippen LogP) is 2.41. The summed E-state index contributed by atoms with van der Waals surface area (Å²) in [5.41, 5.74) is -0.213. The molecule has 31 heavy (non-hydrogen) atoms. The molecule has 2 aliphatic rings. The SMILES string of the molecule is O=C(COc1ccc(S(=O)(=O)N2CCCC2)cc1[N+](=O)[O-])c1ccc2c(c1)OCCO2. The van der Waals surface area contributed by atoms with Crippen LogP contribution in [0.25, 0.3) is 0 Å². The van der Waals surface area contributed by atoms with Crippen LogP contribution in [0.4, 0.5) is 5.69 Å². The molecule has 0 spiro atoms. The maximum Gasteiger partial charge on any atom is 0.312 e. The van der Waals surface area contributed by atoms with Crippen LogP contribution in [-0.2, 0) is 10.0 Å². The molecule has 4 rings (SSSR count). The van der Waals surface area contributed by atoms with Crippen LogP contribution in [0, 0.1) is 10.1 Å². The Morgan fingerprint density at radius 1 is 1.06 bits per heavy atom. The molecule has 2 heterocycles. The number of Topliss-reactive ketones (excluding diaryl/α,β-unsaturated/α-hetero) is 1. The van der Waals surface area contributed by atoms with Gasteiger partial charge in [-0.15, -0.1) is 0 Å². The zero-order chi connectivity index (χ0) is 22.0. The summed E-state index contributed by atoms with van der Waals surface area (Å²) in [7, 11) is -3.81. The van der Waals surface area contributed by atoms with Gasteiger partial charge < -0.3 is 14.2 Å². The number of ketones is 1. The minimum atomic E-state index is -3.81. The van der Waals surface area contributed by atoms with Gasteiger partial charge in [-0.2, -0.15) is 4.31 Å². The summed E-state index contributed by atoms with van der Waals surface area (Å²) in [6.45, 7) is 1.12. The molecule has 0 radical (unpaired) electrons. The van der Waals surface area contributed by atoms with Gasteiger partial charge in [0.25, 0.3) is 0 Å². The first-order valence-electron chi connectivity index (χ1n) is 9.70. The number of hydrogen-bond acceptors (Lipinski definition) is 8. The van der Waals surface area contributed by atoms with Gasteiger partial charge in [0.2, 0.25) is 10.0 Å². The van der Waals surface area contributed by atoms with Crippen molar-refractivity contribution in [3.63, 3.8) is 0 Å². The summed E-state index contributed by atoms with van der Waals surface area (Å²) >= 11 is 0. The van der Waals surface area contributed by atoms with Crippen molar-refractivity contribution >= 4 is 21.5 Å². The van der Waals surface area contributed by atoms with Gasteiger partial charge in [-0.05, 0) is 43.2 Å². The van der Waals surface area contributed by atoms with E-state index in [4.69, 9.17) is 14.2 Å². The molecule has 2 aromatic carbocycles. The zero-order valence-electron chi connectivity index (χ0n) is 16.5. The van der Waals surface area contributed by atoms with Crippen LogP contribution >= 0.6 is 0 Å². The molecular formula is C20H20N2O8S. The van der Waals surface area contributed by atoms with E-state index in [9.17, 15) is 23.3 Å². The third-order valence-corrected chi connectivity index (χ3v) is 6.95. The molecule has 11 heteroatoms. The number of nitro groups is 1.